The summed E-state index contributed by atoms with van der Waals surface area (Å²) in [5.74, 6) is 1.63. The van der Waals surface area contributed by atoms with Gasteiger partial charge in [-0.25, -0.2) is 0 Å². The molecule has 0 amide bonds. The molecule has 3 N–H and O–H groups in total. The molecule has 0 heterocycles. The minimum Gasteiger partial charge on any atom is -0.495 e. The highest BCUT2D eigenvalue weighted by molar-refractivity contribution is 14.0. The van der Waals surface area contributed by atoms with E-state index in [0.717, 1.165) is 25.1 Å². The van der Waals surface area contributed by atoms with Gasteiger partial charge in [0, 0.05) is 12.2 Å². The van der Waals surface area contributed by atoms with Crippen LogP contribution >= 0.6 is 35.6 Å². The van der Waals surface area contributed by atoms with Gasteiger partial charge in [0.1, 0.15) is 5.75 Å². The lowest BCUT2D eigenvalue weighted by atomic mass is 10.0. The van der Waals surface area contributed by atoms with Crippen LogP contribution in [0.2, 0.25) is 5.02 Å². The van der Waals surface area contributed by atoms with Crippen LogP contribution in [0.25, 0.3) is 0 Å². The van der Waals surface area contributed by atoms with Crippen LogP contribution in [0.5, 0.6) is 5.75 Å². The van der Waals surface area contributed by atoms with E-state index in [9.17, 15) is 0 Å². The Morgan fingerprint density at radius 3 is 2.55 bits per heavy atom. The molecule has 0 radical (unpaired) electrons. The molecule has 1 aromatic carbocycles. The molecule has 0 saturated heterocycles. The fraction of sp³-hybridized carbons (Fsp3) is 0.500. The summed E-state index contributed by atoms with van der Waals surface area (Å²) >= 11 is 6.04. The Morgan fingerprint density at radius 2 is 2.05 bits per heavy atom. The molecule has 0 fully saturated rings. The first kappa shape index (κ1) is 19.3. The van der Waals surface area contributed by atoms with Crippen molar-refractivity contribution in [3.05, 3.63) is 23.2 Å². The number of benzene rings is 1. The molecule has 0 aromatic heterocycles. The number of guanidine groups is 1. The van der Waals surface area contributed by atoms with Gasteiger partial charge < -0.3 is 15.8 Å². The maximum Gasteiger partial charge on any atom is 0.193 e. The van der Waals surface area contributed by atoms with E-state index in [1.54, 1.807) is 19.2 Å². The Morgan fingerprint density at radius 1 is 1.40 bits per heavy atom. The van der Waals surface area contributed by atoms with E-state index < -0.39 is 0 Å². The van der Waals surface area contributed by atoms with Gasteiger partial charge in [-0.3, -0.25) is 4.99 Å². The van der Waals surface area contributed by atoms with E-state index in [0.29, 0.717) is 22.6 Å². The summed E-state index contributed by atoms with van der Waals surface area (Å²) in [6.45, 7) is 5.07. The van der Waals surface area contributed by atoms with Crippen LogP contribution < -0.4 is 15.8 Å². The molecule has 0 saturated carbocycles. The van der Waals surface area contributed by atoms with Crippen LogP contribution in [0.1, 0.15) is 26.7 Å². The molecule has 4 nitrogen and oxygen atoms in total. The first-order valence-corrected chi connectivity index (χ1v) is 6.88. The zero-order valence-electron chi connectivity index (χ0n) is 12.1. The van der Waals surface area contributed by atoms with E-state index in [1.807, 2.05) is 6.07 Å². The molecular formula is C14H23ClIN3O. The van der Waals surface area contributed by atoms with Crippen LogP contribution in [0.4, 0.5) is 5.69 Å². The summed E-state index contributed by atoms with van der Waals surface area (Å²) in [4.78, 5) is 4.34. The minimum absolute atomic E-state index is 0. The molecule has 6 heteroatoms. The standard InChI is InChI=1S/C14H22ClN3O.HI/c1-4-10(5-2)9-17-14(16)18-11-6-7-13(19-3)12(15)8-11;/h6-8,10H,4-5,9H2,1-3H3,(H3,16,17,18);1H. The SMILES string of the molecule is CCC(CC)CN=C(N)Nc1ccc(OC)c(Cl)c1.I. The summed E-state index contributed by atoms with van der Waals surface area (Å²) in [6.07, 6.45) is 2.23. The Hall–Kier alpha value is -0.690. The molecule has 0 unspecified atom stereocenters. The van der Waals surface area contributed by atoms with Crippen molar-refractivity contribution in [1.29, 1.82) is 0 Å². The number of aliphatic imine (C=N–C) groups is 1. The third-order valence-electron chi connectivity index (χ3n) is 3.10. The maximum atomic E-state index is 6.04. The number of rotatable bonds is 6. The number of methoxy groups -OCH3 is 1. The number of halogens is 2. The zero-order chi connectivity index (χ0) is 14.3. The number of ether oxygens (including phenoxy) is 1. The molecule has 0 aliphatic heterocycles. The van der Waals surface area contributed by atoms with Gasteiger partial charge in [0.25, 0.3) is 0 Å². The summed E-state index contributed by atoms with van der Waals surface area (Å²) in [7, 11) is 1.58. The lowest BCUT2D eigenvalue weighted by Crippen LogP contribution is -2.23. The average molecular weight is 412 g/mol. The number of hydrogen-bond donors (Lipinski definition) is 2. The van der Waals surface area contributed by atoms with Gasteiger partial charge in [0.05, 0.1) is 12.1 Å². The number of hydrogen-bond acceptors (Lipinski definition) is 2. The molecule has 0 aliphatic rings. The summed E-state index contributed by atoms with van der Waals surface area (Å²) < 4.78 is 5.09. The van der Waals surface area contributed by atoms with E-state index >= 15 is 0 Å². The van der Waals surface area contributed by atoms with Crippen molar-refractivity contribution in [1.82, 2.24) is 0 Å². The van der Waals surface area contributed by atoms with Crippen molar-refractivity contribution < 1.29 is 4.74 Å². The van der Waals surface area contributed by atoms with Gasteiger partial charge in [-0.2, -0.15) is 0 Å². The monoisotopic (exact) mass is 411 g/mol. The fourth-order valence-corrected chi connectivity index (χ4v) is 1.96. The number of nitrogens with one attached hydrogen (secondary N) is 1. The number of nitrogens with two attached hydrogens (primary N) is 1. The second-order valence-corrected chi connectivity index (χ2v) is 4.79. The smallest absolute Gasteiger partial charge is 0.193 e. The molecule has 1 rings (SSSR count). The highest BCUT2D eigenvalue weighted by Gasteiger charge is 2.04. The average Bonchev–Trinajstić information content (AvgIpc) is 2.40. The van der Waals surface area contributed by atoms with Gasteiger partial charge >= 0.3 is 0 Å². The van der Waals surface area contributed by atoms with E-state index in [1.165, 1.54) is 0 Å². The molecule has 114 valence electrons. The van der Waals surface area contributed by atoms with Crippen molar-refractivity contribution in [2.45, 2.75) is 26.7 Å². The molecular weight excluding hydrogens is 389 g/mol. The summed E-state index contributed by atoms with van der Waals surface area (Å²) in [6, 6.07) is 5.41. The Balaban J connectivity index is 0.00000361. The van der Waals surface area contributed by atoms with Gasteiger partial charge in [-0.05, 0) is 24.1 Å². The fourth-order valence-electron chi connectivity index (χ4n) is 1.71. The third kappa shape index (κ3) is 6.17. The van der Waals surface area contributed by atoms with Gasteiger partial charge in [-0.15, -0.1) is 24.0 Å². The molecule has 0 spiro atoms. The normalized spacial score (nSPS) is 11.2. The van der Waals surface area contributed by atoms with Crippen molar-refractivity contribution in [3.63, 3.8) is 0 Å². The first-order valence-electron chi connectivity index (χ1n) is 6.51. The largest absolute Gasteiger partial charge is 0.495 e. The van der Waals surface area contributed by atoms with Crippen molar-refractivity contribution in [2.24, 2.45) is 16.6 Å². The van der Waals surface area contributed by atoms with Crippen molar-refractivity contribution in [2.75, 3.05) is 19.0 Å². The molecule has 0 bridgehead atoms. The zero-order valence-corrected chi connectivity index (χ0v) is 15.2. The quantitative estimate of drug-likeness (QED) is 0.420. The van der Waals surface area contributed by atoms with Gasteiger partial charge in [-0.1, -0.05) is 38.3 Å². The van der Waals surface area contributed by atoms with E-state index in [-0.39, 0.29) is 24.0 Å². The lowest BCUT2D eigenvalue weighted by Gasteiger charge is -2.11. The van der Waals surface area contributed by atoms with Crippen LogP contribution in [0.15, 0.2) is 23.2 Å². The van der Waals surface area contributed by atoms with E-state index in [4.69, 9.17) is 22.1 Å². The molecule has 20 heavy (non-hydrogen) atoms. The molecule has 1 aromatic rings. The van der Waals surface area contributed by atoms with Crippen LogP contribution in [-0.2, 0) is 0 Å². The topological polar surface area (TPSA) is 59.6 Å². The Labute approximate surface area is 143 Å². The molecule has 0 aliphatic carbocycles. The number of anilines is 1. The minimum atomic E-state index is 0. The third-order valence-corrected chi connectivity index (χ3v) is 3.39. The predicted octanol–water partition coefficient (Wildman–Crippen LogP) is 4.13. The van der Waals surface area contributed by atoms with Crippen LogP contribution in [0.3, 0.4) is 0 Å². The van der Waals surface area contributed by atoms with Gasteiger partial charge in [0.2, 0.25) is 0 Å². The van der Waals surface area contributed by atoms with Gasteiger partial charge in [0.15, 0.2) is 5.96 Å². The number of nitrogens with zero attached hydrogens (tertiary/aromatic N) is 1. The Bertz CT molecular complexity index is 436. The molecule has 0 atom stereocenters. The van der Waals surface area contributed by atoms with Crippen molar-refractivity contribution in [3.8, 4) is 5.75 Å². The predicted molar refractivity (Wildman–Crippen MR) is 97.6 cm³/mol. The summed E-state index contributed by atoms with van der Waals surface area (Å²) in [5, 5.41) is 3.57. The van der Waals surface area contributed by atoms with Crippen LogP contribution in [-0.4, -0.2) is 19.6 Å². The maximum absolute atomic E-state index is 6.04. The second-order valence-electron chi connectivity index (χ2n) is 4.38. The van der Waals surface area contributed by atoms with E-state index in [2.05, 4.69) is 24.2 Å². The highest BCUT2D eigenvalue weighted by Crippen LogP contribution is 2.27. The van der Waals surface area contributed by atoms with Crippen LogP contribution in [0, 0.1) is 5.92 Å². The van der Waals surface area contributed by atoms with Crippen molar-refractivity contribution >= 4 is 47.2 Å². The Kier molecular flexibility index (Phi) is 9.75. The second kappa shape index (κ2) is 10.1. The summed E-state index contributed by atoms with van der Waals surface area (Å²) in [5.41, 5.74) is 6.65. The lowest BCUT2D eigenvalue weighted by molar-refractivity contribution is 0.415. The first-order chi connectivity index (χ1) is 9.10. The highest BCUT2D eigenvalue weighted by atomic mass is 127.